The first kappa shape index (κ1) is 25.6. The number of ether oxygens (including phenoxy) is 2. The van der Waals surface area contributed by atoms with E-state index in [-0.39, 0.29) is 12.4 Å². The van der Waals surface area contributed by atoms with Crippen molar-refractivity contribution < 1.29 is 19.0 Å². The van der Waals surface area contributed by atoms with Gasteiger partial charge in [-0.2, -0.15) is 4.98 Å². The number of aliphatic hydroxyl groups excluding tert-OH is 1. The second-order valence-electron chi connectivity index (χ2n) is 9.13. The molecule has 0 amide bonds. The lowest BCUT2D eigenvalue weighted by atomic mass is 9.77. The van der Waals surface area contributed by atoms with Crippen molar-refractivity contribution >= 4 is 5.82 Å². The molecule has 0 spiro atoms. The minimum absolute atomic E-state index is 0.0217. The molecule has 1 aromatic heterocycles. The molecule has 4 atom stereocenters. The van der Waals surface area contributed by atoms with E-state index in [4.69, 9.17) is 15.2 Å². The Morgan fingerprint density at radius 2 is 1.58 bits per heavy atom. The Bertz CT molecular complexity index is 1380. The first-order valence-electron chi connectivity index (χ1n) is 12.3. The van der Waals surface area contributed by atoms with Gasteiger partial charge < -0.3 is 20.3 Å². The highest BCUT2D eigenvalue weighted by atomic mass is 19.1. The van der Waals surface area contributed by atoms with Gasteiger partial charge in [0.1, 0.15) is 23.8 Å². The van der Waals surface area contributed by atoms with Crippen LogP contribution in [0.2, 0.25) is 0 Å². The third kappa shape index (κ3) is 4.67. The molecule has 5 rings (SSSR count). The van der Waals surface area contributed by atoms with Crippen molar-refractivity contribution in [1.82, 2.24) is 14.9 Å². The van der Waals surface area contributed by atoms with Crippen LogP contribution in [0.1, 0.15) is 22.9 Å². The summed E-state index contributed by atoms with van der Waals surface area (Å²) >= 11 is 0. The maximum atomic E-state index is 15.2. The zero-order valence-electron chi connectivity index (χ0n) is 20.8. The van der Waals surface area contributed by atoms with Crippen LogP contribution in [0.4, 0.5) is 10.2 Å². The molecule has 38 heavy (non-hydrogen) atoms. The Hall–Kier alpha value is -4.05. The van der Waals surface area contributed by atoms with Crippen LogP contribution in [0.5, 0.6) is 5.75 Å². The predicted octanol–water partition coefficient (Wildman–Crippen LogP) is 3.01. The van der Waals surface area contributed by atoms with Crippen LogP contribution in [0, 0.1) is 0 Å². The number of alkyl halides is 1. The summed E-state index contributed by atoms with van der Waals surface area (Å²) in [5, 5.41) is 14.4. The number of aromatic nitrogens is 2. The van der Waals surface area contributed by atoms with E-state index in [1.165, 1.54) is 12.3 Å². The summed E-state index contributed by atoms with van der Waals surface area (Å²) in [6.45, 7) is 0.0745. The van der Waals surface area contributed by atoms with Crippen LogP contribution in [0.25, 0.3) is 0 Å². The van der Waals surface area contributed by atoms with Gasteiger partial charge in [-0.25, -0.2) is 9.18 Å². The van der Waals surface area contributed by atoms with Crippen LogP contribution in [0.3, 0.4) is 0 Å². The fraction of sp³-hybridized carbons (Fsp3) is 0.241. The van der Waals surface area contributed by atoms with Gasteiger partial charge in [-0.1, -0.05) is 72.8 Å². The Balaban J connectivity index is 1.53. The summed E-state index contributed by atoms with van der Waals surface area (Å²) in [5.74, 6) is 0.734. The van der Waals surface area contributed by atoms with Gasteiger partial charge in [0.2, 0.25) is 0 Å². The van der Waals surface area contributed by atoms with Crippen molar-refractivity contribution in [1.29, 1.82) is 0 Å². The molecule has 1 fully saturated rings. The molecule has 1 aliphatic rings. The summed E-state index contributed by atoms with van der Waals surface area (Å²) in [4.78, 5) is 16.0. The van der Waals surface area contributed by atoms with E-state index in [2.05, 4.69) is 10.3 Å². The van der Waals surface area contributed by atoms with E-state index in [0.29, 0.717) is 5.75 Å². The number of nitrogens with zero attached hydrogens (tertiary/aromatic N) is 2. The minimum atomic E-state index is -1.84. The number of nitrogen functional groups attached to an aromatic ring is 1. The third-order valence-corrected chi connectivity index (χ3v) is 6.92. The standard InChI is InChI=1S/C29H29FN4O4/c1-37-22-14-12-21(13-15-22)29(19-8-4-2-5-9-19,20-10-6-3-7-11-20)32-18-23-26(35)25(30)27(38-23)34-17-16-24(31)33-28(34)36/h2-17,23,25-27,32,35H,18H2,1H3,(H2,31,33,36)/t23-,25-,26-,27-/m1/s1. The molecule has 9 heteroatoms. The number of rotatable bonds is 8. The number of aliphatic hydroxyl groups is 1. The summed E-state index contributed by atoms with van der Waals surface area (Å²) in [6.07, 6.45) is -4.28. The first-order valence-corrected chi connectivity index (χ1v) is 12.3. The molecule has 0 unspecified atom stereocenters. The molecular formula is C29H29FN4O4. The maximum absolute atomic E-state index is 15.2. The van der Waals surface area contributed by atoms with Crippen molar-refractivity contribution in [3.63, 3.8) is 0 Å². The maximum Gasteiger partial charge on any atom is 0.351 e. The Morgan fingerprint density at radius 1 is 1.00 bits per heavy atom. The predicted molar refractivity (Wildman–Crippen MR) is 141 cm³/mol. The van der Waals surface area contributed by atoms with Gasteiger partial charge in [-0.3, -0.25) is 9.88 Å². The smallest absolute Gasteiger partial charge is 0.351 e. The summed E-state index contributed by atoms with van der Waals surface area (Å²) in [6, 6.07) is 28.8. The molecule has 1 saturated heterocycles. The van der Waals surface area contributed by atoms with Crippen molar-refractivity contribution in [3.8, 4) is 5.75 Å². The molecule has 3 aromatic carbocycles. The topological polar surface area (TPSA) is 112 Å². The molecular weight excluding hydrogens is 487 g/mol. The molecule has 0 saturated carbocycles. The fourth-order valence-corrected chi connectivity index (χ4v) is 4.99. The van der Waals surface area contributed by atoms with Crippen LogP contribution in [0.15, 0.2) is 102 Å². The van der Waals surface area contributed by atoms with Gasteiger partial charge in [0.25, 0.3) is 0 Å². The van der Waals surface area contributed by atoms with E-state index in [1.54, 1.807) is 7.11 Å². The van der Waals surface area contributed by atoms with Crippen LogP contribution in [-0.4, -0.2) is 46.7 Å². The quantitative estimate of drug-likeness (QED) is 0.309. The molecule has 4 aromatic rings. The van der Waals surface area contributed by atoms with Crippen molar-refractivity contribution in [2.24, 2.45) is 0 Å². The monoisotopic (exact) mass is 516 g/mol. The highest BCUT2D eigenvalue weighted by molar-refractivity contribution is 5.50. The number of methoxy groups -OCH3 is 1. The molecule has 196 valence electrons. The molecule has 2 heterocycles. The van der Waals surface area contributed by atoms with E-state index in [1.807, 2.05) is 84.9 Å². The van der Waals surface area contributed by atoms with E-state index in [9.17, 15) is 9.90 Å². The van der Waals surface area contributed by atoms with Gasteiger partial charge in [-0.15, -0.1) is 0 Å². The number of nitrogens with one attached hydrogen (secondary N) is 1. The normalized spacial score (nSPS) is 21.3. The van der Waals surface area contributed by atoms with Gasteiger partial charge in [-0.05, 0) is 34.9 Å². The number of benzene rings is 3. The lowest BCUT2D eigenvalue weighted by molar-refractivity contribution is -0.0274. The lowest BCUT2D eigenvalue weighted by Gasteiger charge is -2.38. The highest BCUT2D eigenvalue weighted by Crippen LogP contribution is 2.38. The zero-order chi connectivity index (χ0) is 26.7. The molecule has 0 radical (unpaired) electrons. The molecule has 1 aliphatic heterocycles. The lowest BCUT2D eigenvalue weighted by Crippen LogP contribution is -2.49. The summed E-state index contributed by atoms with van der Waals surface area (Å²) < 4.78 is 27.5. The van der Waals surface area contributed by atoms with Gasteiger partial charge in [0.05, 0.1) is 12.6 Å². The fourth-order valence-electron chi connectivity index (χ4n) is 4.99. The van der Waals surface area contributed by atoms with E-state index >= 15 is 4.39 Å². The van der Waals surface area contributed by atoms with Crippen molar-refractivity contribution in [2.75, 3.05) is 19.4 Å². The van der Waals surface area contributed by atoms with E-state index < -0.39 is 35.8 Å². The third-order valence-electron chi connectivity index (χ3n) is 6.92. The average Bonchev–Trinajstić information content (AvgIpc) is 3.23. The van der Waals surface area contributed by atoms with Crippen molar-refractivity contribution in [3.05, 3.63) is 124 Å². The number of nitrogens with two attached hydrogens (primary N) is 1. The molecule has 0 bridgehead atoms. The van der Waals surface area contributed by atoms with Crippen LogP contribution < -0.4 is 21.5 Å². The summed E-state index contributed by atoms with van der Waals surface area (Å²) in [7, 11) is 1.61. The van der Waals surface area contributed by atoms with E-state index in [0.717, 1.165) is 21.3 Å². The largest absolute Gasteiger partial charge is 0.497 e. The van der Waals surface area contributed by atoms with Crippen LogP contribution in [-0.2, 0) is 10.3 Å². The zero-order valence-corrected chi connectivity index (χ0v) is 20.8. The Kier molecular flexibility index (Phi) is 7.24. The number of halogens is 1. The van der Waals surface area contributed by atoms with Gasteiger partial charge in [0, 0.05) is 12.7 Å². The van der Waals surface area contributed by atoms with Crippen LogP contribution >= 0.6 is 0 Å². The number of hydrogen-bond donors (Lipinski definition) is 3. The number of hydrogen-bond acceptors (Lipinski definition) is 7. The number of anilines is 1. The Morgan fingerprint density at radius 3 is 2.13 bits per heavy atom. The van der Waals surface area contributed by atoms with Crippen molar-refractivity contribution in [2.45, 2.75) is 30.1 Å². The molecule has 4 N–H and O–H groups in total. The average molecular weight is 517 g/mol. The van der Waals surface area contributed by atoms with Gasteiger partial charge >= 0.3 is 5.69 Å². The van der Waals surface area contributed by atoms with Gasteiger partial charge in [0.15, 0.2) is 12.4 Å². The second-order valence-corrected chi connectivity index (χ2v) is 9.13. The first-order chi connectivity index (χ1) is 18.4. The molecule has 0 aliphatic carbocycles. The minimum Gasteiger partial charge on any atom is -0.497 e. The molecule has 8 nitrogen and oxygen atoms in total. The second kappa shape index (κ2) is 10.7. The SMILES string of the molecule is COc1ccc(C(NC[C@H]2O[C@@H](n3ccc(N)nc3=O)[C@H](F)[C@@H]2O)(c2ccccc2)c2ccccc2)cc1. The highest BCUT2D eigenvalue weighted by Gasteiger charge is 2.47. The summed E-state index contributed by atoms with van der Waals surface area (Å²) in [5.41, 5.74) is 6.74. The Labute approximate surface area is 219 Å².